The van der Waals surface area contributed by atoms with Crippen LogP contribution in [0.3, 0.4) is 0 Å². The molecule has 20 heavy (non-hydrogen) atoms. The molecule has 3 heteroatoms. The first kappa shape index (κ1) is 13.8. The molecule has 106 valence electrons. The molecule has 0 saturated heterocycles. The minimum Gasteiger partial charge on any atom is -0.388 e. The van der Waals surface area contributed by atoms with Crippen LogP contribution in [0.1, 0.15) is 48.7 Å². The molecular formula is C17H21NOS. The van der Waals surface area contributed by atoms with Crippen molar-refractivity contribution in [1.29, 1.82) is 0 Å². The maximum absolute atomic E-state index is 10.4. The van der Waals surface area contributed by atoms with Gasteiger partial charge >= 0.3 is 0 Å². The summed E-state index contributed by atoms with van der Waals surface area (Å²) in [6.45, 7) is 6.56. The molecule has 1 aliphatic carbocycles. The van der Waals surface area contributed by atoms with Crippen LogP contribution in [-0.2, 0) is 18.3 Å². The van der Waals surface area contributed by atoms with Gasteiger partial charge in [0.15, 0.2) is 0 Å². The number of nitrogens with zero attached hydrogens (tertiary/aromatic N) is 1. The Kier molecular flexibility index (Phi) is 3.43. The lowest BCUT2D eigenvalue weighted by molar-refractivity contribution is 0.123. The maximum atomic E-state index is 10.4. The third-order valence-corrected chi connectivity index (χ3v) is 4.93. The molecule has 0 aliphatic heterocycles. The van der Waals surface area contributed by atoms with Gasteiger partial charge < -0.3 is 5.11 Å². The maximum Gasteiger partial charge on any atom is 0.0932 e. The zero-order valence-corrected chi connectivity index (χ0v) is 13.1. The van der Waals surface area contributed by atoms with Gasteiger partial charge in [0.2, 0.25) is 0 Å². The van der Waals surface area contributed by atoms with E-state index in [1.807, 2.05) is 12.1 Å². The van der Waals surface area contributed by atoms with Crippen LogP contribution in [0.4, 0.5) is 0 Å². The van der Waals surface area contributed by atoms with E-state index in [2.05, 4.69) is 38.3 Å². The summed E-state index contributed by atoms with van der Waals surface area (Å²) >= 11 is 1.72. The van der Waals surface area contributed by atoms with Crippen molar-refractivity contribution in [3.8, 4) is 0 Å². The zero-order valence-electron chi connectivity index (χ0n) is 12.3. The Bertz CT molecular complexity index is 611. The largest absolute Gasteiger partial charge is 0.388 e. The molecule has 1 N–H and O–H groups in total. The fraction of sp³-hybridized carbons (Fsp3) is 0.471. The lowest BCUT2D eigenvalue weighted by Gasteiger charge is -2.15. The van der Waals surface area contributed by atoms with E-state index in [4.69, 9.17) is 4.98 Å². The van der Waals surface area contributed by atoms with E-state index in [0.717, 1.165) is 29.1 Å². The summed E-state index contributed by atoms with van der Waals surface area (Å²) in [4.78, 5) is 4.75. The molecule has 0 fully saturated rings. The Morgan fingerprint density at radius 2 is 2.05 bits per heavy atom. The average molecular weight is 287 g/mol. The summed E-state index contributed by atoms with van der Waals surface area (Å²) in [7, 11) is 0. The number of fused-ring (bicyclic) bond motifs is 1. The molecule has 3 rings (SSSR count). The molecule has 1 aliphatic rings. The predicted molar refractivity (Wildman–Crippen MR) is 83.1 cm³/mol. The molecule has 0 amide bonds. The highest BCUT2D eigenvalue weighted by Gasteiger charge is 2.31. The molecule has 0 saturated carbocycles. The monoisotopic (exact) mass is 287 g/mol. The highest BCUT2D eigenvalue weighted by Crippen LogP contribution is 2.38. The molecule has 2 unspecified atom stereocenters. The number of hydrogen-bond donors (Lipinski definition) is 1. The van der Waals surface area contributed by atoms with Crippen LogP contribution >= 0.6 is 11.3 Å². The summed E-state index contributed by atoms with van der Waals surface area (Å²) in [6.07, 6.45) is 1.49. The summed E-state index contributed by atoms with van der Waals surface area (Å²) in [6, 6.07) is 8.23. The highest BCUT2D eigenvalue weighted by molar-refractivity contribution is 7.09. The first-order valence-electron chi connectivity index (χ1n) is 7.16. The lowest BCUT2D eigenvalue weighted by Crippen LogP contribution is -2.13. The Balaban J connectivity index is 1.76. The summed E-state index contributed by atoms with van der Waals surface area (Å²) in [5.74, 6) is 0.270. The summed E-state index contributed by atoms with van der Waals surface area (Å²) in [5, 5.41) is 13.7. The highest BCUT2D eigenvalue weighted by atomic mass is 32.1. The van der Waals surface area contributed by atoms with Gasteiger partial charge in [-0.3, -0.25) is 0 Å². The van der Waals surface area contributed by atoms with Crippen molar-refractivity contribution >= 4 is 11.3 Å². The first-order valence-corrected chi connectivity index (χ1v) is 8.04. The number of rotatable bonds is 2. The van der Waals surface area contributed by atoms with E-state index < -0.39 is 0 Å². The van der Waals surface area contributed by atoms with Crippen LogP contribution in [0.25, 0.3) is 0 Å². The topological polar surface area (TPSA) is 33.1 Å². The standard InChI is InChI=1S/C17H21NOS/c1-17(2,3)14-10-20-15(18-14)9-12-8-11-6-4-5-7-13(11)16(12)19/h4-7,10,12,16,19H,8-9H2,1-3H3. The Hall–Kier alpha value is -1.19. The van der Waals surface area contributed by atoms with E-state index in [1.165, 1.54) is 5.56 Å². The quantitative estimate of drug-likeness (QED) is 0.909. The molecule has 1 heterocycles. The van der Waals surface area contributed by atoms with E-state index >= 15 is 0 Å². The predicted octanol–water partition coefficient (Wildman–Crippen LogP) is 3.89. The van der Waals surface area contributed by atoms with Gasteiger partial charge in [-0.25, -0.2) is 4.98 Å². The number of hydrogen-bond acceptors (Lipinski definition) is 3. The smallest absolute Gasteiger partial charge is 0.0932 e. The Morgan fingerprint density at radius 3 is 2.70 bits per heavy atom. The second-order valence-electron chi connectivity index (χ2n) is 6.69. The molecule has 0 spiro atoms. The van der Waals surface area contributed by atoms with Crippen LogP contribution in [0, 0.1) is 5.92 Å². The SMILES string of the molecule is CC(C)(C)c1csc(CC2Cc3ccccc3C2O)n1. The summed E-state index contributed by atoms with van der Waals surface area (Å²) in [5.41, 5.74) is 3.65. The van der Waals surface area contributed by atoms with Crippen molar-refractivity contribution in [2.75, 3.05) is 0 Å². The van der Waals surface area contributed by atoms with Gasteiger partial charge in [0, 0.05) is 17.2 Å². The number of aliphatic hydroxyl groups excluding tert-OH is 1. The fourth-order valence-corrected chi connectivity index (χ4v) is 3.93. The van der Waals surface area contributed by atoms with E-state index in [1.54, 1.807) is 11.3 Å². The molecule has 1 aromatic carbocycles. The van der Waals surface area contributed by atoms with Gasteiger partial charge in [0.25, 0.3) is 0 Å². The zero-order chi connectivity index (χ0) is 14.3. The van der Waals surface area contributed by atoms with Crippen molar-refractivity contribution in [3.05, 3.63) is 51.5 Å². The molecule has 2 nitrogen and oxygen atoms in total. The number of thiazole rings is 1. The molecule has 2 atom stereocenters. The second kappa shape index (κ2) is 4.97. The van der Waals surface area contributed by atoms with Gasteiger partial charge in [-0.05, 0) is 23.5 Å². The van der Waals surface area contributed by atoms with Gasteiger partial charge in [0.1, 0.15) is 0 Å². The van der Waals surface area contributed by atoms with Crippen molar-refractivity contribution < 1.29 is 5.11 Å². The molecular weight excluding hydrogens is 266 g/mol. The van der Waals surface area contributed by atoms with Crippen molar-refractivity contribution in [2.24, 2.45) is 5.92 Å². The number of benzene rings is 1. The van der Waals surface area contributed by atoms with E-state index in [9.17, 15) is 5.11 Å². The Morgan fingerprint density at radius 1 is 1.30 bits per heavy atom. The lowest BCUT2D eigenvalue weighted by atomic mass is 9.93. The normalized spacial score (nSPS) is 22.0. The van der Waals surface area contributed by atoms with E-state index in [-0.39, 0.29) is 17.4 Å². The molecule has 0 bridgehead atoms. The number of aromatic nitrogens is 1. The molecule has 1 aromatic heterocycles. The minimum absolute atomic E-state index is 0.103. The average Bonchev–Trinajstić information content (AvgIpc) is 2.97. The van der Waals surface area contributed by atoms with Crippen LogP contribution in [0.15, 0.2) is 29.6 Å². The van der Waals surface area contributed by atoms with Gasteiger partial charge in [0.05, 0.1) is 16.8 Å². The van der Waals surface area contributed by atoms with Gasteiger partial charge in [-0.2, -0.15) is 0 Å². The second-order valence-corrected chi connectivity index (χ2v) is 7.63. The third-order valence-electron chi connectivity index (χ3n) is 4.06. The first-order chi connectivity index (χ1) is 9.45. The minimum atomic E-state index is -0.340. The van der Waals surface area contributed by atoms with Gasteiger partial charge in [-0.15, -0.1) is 11.3 Å². The van der Waals surface area contributed by atoms with Crippen molar-refractivity contribution in [1.82, 2.24) is 4.98 Å². The van der Waals surface area contributed by atoms with Crippen LogP contribution in [0.2, 0.25) is 0 Å². The van der Waals surface area contributed by atoms with Crippen LogP contribution in [-0.4, -0.2) is 10.1 Å². The number of aliphatic hydroxyl groups is 1. The molecule has 0 radical (unpaired) electrons. The third kappa shape index (κ3) is 2.52. The van der Waals surface area contributed by atoms with Crippen molar-refractivity contribution in [2.45, 2.75) is 45.1 Å². The van der Waals surface area contributed by atoms with E-state index in [0.29, 0.717) is 0 Å². The fourth-order valence-electron chi connectivity index (χ4n) is 2.81. The molecule has 2 aromatic rings. The van der Waals surface area contributed by atoms with Crippen molar-refractivity contribution in [3.63, 3.8) is 0 Å². The van der Waals surface area contributed by atoms with Crippen LogP contribution in [0.5, 0.6) is 0 Å². The summed E-state index contributed by atoms with van der Waals surface area (Å²) < 4.78 is 0. The van der Waals surface area contributed by atoms with Gasteiger partial charge in [-0.1, -0.05) is 45.0 Å². The van der Waals surface area contributed by atoms with Crippen LogP contribution < -0.4 is 0 Å². The Labute approximate surface area is 124 Å².